The normalized spacial score (nSPS) is 12.3. The van der Waals surface area contributed by atoms with Gasteiger partial charge in [0.05, 0.1) is 6.42 Å². The summed E-state index contributed by atoms with van der Waals surface area (Å²) in [7, 11) is 1.60. The van der Waals surface area contributed by atoms with Crippen LogP contribution in [0.2, 0.25) is 0 Å². The summed E-state index contributed by atoms with van der Waals surface area (Å²) in [5.74, 6) is -0.267. The second-order valence-corrected chi connectivity index (χ2v) is 4.89. The Morgan fingerprint density at radius 3 is 2.29 bits per heavy atom. The molecule has 1 unspecified atom stereocenters. The van der Waals surface area contributed by atoms with E-state index in [4.69, 9.17) is 5.11 Å². The predicted molar refractivity (Wildman–Crippen MR) is 66.9 cm³/mol. The summed E-state index contributed by atoms with van der Waals surface area (Å²) in [5.41, 5.74) is 0. The fourth-order valence-corrected chi connectivity index (χ4v) is 1.34. The zero-order chi connectivity index (χ0) is 13.4. The molecule has 5 nitrogen and oxygen atoms in total. The maximum atomic E-state index is 11.6. The smallest absolute Gasteiger partial charge is 0.317 e. The van der Waals surface area contributed by atoms with Crippen LogP contribution >= 0.6 is 0 Å². The van der Waals surface area contributed by atoms with Gasteiger partial charge in [-0.25, -0.2) is 4.79 Å². The Bertz CT molecular complexity index is 254. The van der Waals surface area contributed by atoms with E-state index in [1.165, 1.54) is 4.90 Å². The molecule has 0 radical (unpaired) electrons. The van der Waals surface area contributed by atoms with Crippen molar-refractivity contribution in [2.45, 2.75) is 46.1 Å². The molecule has 100 valence electrons. The molecule has 0 aromatic carbocycles. The van der Waals surface area contributed by atoms with E-state index in [9.17, 15) is 9.59 Å². The van der Waals surface area contributed by atoms with E-state index >= 15 is 0 Å². The lowest BCUT2D eigenvalue weighted by atomic mass is 10.0. The summed E-state index contributed by atoms with van der Waals surface area (Å²) in [5, 5.41) is 11.4. The lowest BCUT2D eigenvalue weighted by molar-refractivity contribution is -0.137. The molecule has 17 heavy (non-hydrogen) atoms. The van der Waals surface area contributed by atoms with Crippen molar-refractivity contribution < 1.29 is 14.7 Å². The topological polar surface area (TPSA) is 69.6 Å². The van der Waals surface area contributed by atoms with Crippen LogP contribution in [0.5, 0.6) is 0 Å². The van der Waals surface area contributed by atoms with Crippen LogP contribution in [-0.4, -0.2) is 41.6 Å². The van der Waals surface area contributed by atoms with Gasteiger partial charge in [-0.3, -0.25) is 4.79 Å². The van der Waals surface area contributed by atoms with E-state index in [0.717, 1.165) is 12.8 Å². The third-order valence-corrected chi connectivity index (χ3v) is 2.55. The van der Waals surface area contributed by atoms with Gasteiger partial charge >= 0.3 is 12.0 Å². The van der Waals surface area contributed by atoms with Crippen LogP contribution in [0.15, 0.2) is 0 Å². The number of amides is 2. The number of hydrogen-bond donors (Lipinski definition) is 2. The van der Waals surface area contributed by atoms with Crippen molar-refractivity contribution in [1.82, 2.24) is 10.2 Å². The molecule has 0 rings (SSSR count). The van der Waals surface area contributed by atoms with Crippen molar-refractivity contribution in [3.63, 3.8) is 0 Å². The fraction of sp³-hybridized carbons (Fsp3) is 0.833. The highest BCUT2D eigenvalue weighted by molar-refractivity contribution is 5.75. The second-order valence-electron chi connectivity index (χ2n) is 4.89. The van der Waals surface area contributed by atoms with Crippen molar-refractivity contribution in [3.05, 3.63) is 0 Å². The van der Waals surface area contributed by atoms with Crippen LogP contribution in [0.3, 0.4) is 0 Å². The van der Waals surface area contributed by atoms with Gasteiger partial charge in [-0.2, -0.15) is 0 Å². The summed E-state index contributed by atoms with van der Waals surface area (Å²) >= 11 is 0. The third-order valence-electron chi connectivity index (χ3n) is 2.55. The highest BCUT2D eigenvalue weighted by Crippen LogP contribution is 2.06. The Balaban J connectivity index is 3.86. The number of carboxylic acids is 1. The van der Waals surface area contributed by atoms with Crippen LogP contribution < -0.4 is 5.32 Å². The molecule has 0 bridgehead atoms. The van der Waals surface area contributed by atoms with Crippen molar-refractivity contribution in [3.8, 4) is 0 Å². The van der Waals surface area contributed by atoms with Crippen molar-refractivity contribution >= 4 is 12.0 Å². The predicted octanol–water partition coefficient (Wildman–Crippen LogP) is 1.93. The number of hydrogen-bond acceptors (Lipinski definition) is 2. The summed E-state index contributed by atoms with van der Waals surface area (Å²) < 4.78 is 0. The van der Waals surface area contributed by atoms with Gasteiger partial charge < -0.3 is 15.3 Å². The van der Waals surface area contributed by atoms with Crippen molar-refractivity contribution in [1.29, 1.82) is 0 Å². The molecule has 2 N–H and O–H groups in total. The molecular formula is C12H24N2O3. The van der Waals surface area contributed by atoms with Gasteiger partial charge in [0.1, 0.15) is 0 Å². The summed E-state index contributed by atoms with van der Waals surface area (Å²) in [6.07, 6.45) is 1.99. The van der Waals surface area contributed by atoms with Crippen molar-refractivity contribution in [2.75, 3.05) is 13.6 Å². The van der Waals surface area contributed by atoms with Gasteiger partial charge in [0.25, 0.3) is 0 Å². The number of carbonyl (C=O) groups is 2. The molecule has 0 saturated carbocycles. The van der Waals surface area contributed by atoms with Gasteiger partial charge in [0.2, 0.25) is 0 Å². The first-order chi connectivity index (χ1) is 7.82. The molecule has 0 spiro atoms. The van der Waals surface area contributed by atoms with Gasteiger partial charge in [0.15, 0.2) is 0 Å². The Hall–Kier alpha value is -1.26. The number of urea groups is 1. The minimum absolute atomic E-state index is 0.0235. The van der Waals surface area contributed by atoms with Crippen molar-refractivity contribution in [2.24, 2.45) is 5.92 Å². The standard InChI is InChI=1S/C12H24N2O3/c1-9(2)5-6-10(3)13-12(17)14(4)8-7-11(15)16/h9-10H,5-8H2,1-4H3,(H,13,17)(H,15,16). The average Bonchev–Trinajstić information content (AvgIpc) is 2.22. The average molecular weight is 244 g/mol. The summed E-state index contributed by atoms with van der Waals surface area (Å²) in [6, 6.07) is -0.0836. The SMILES string of the molecule is CC(C)CCC(C)NC(=O)N(C)CCC(=O)O. The van der Waals surface area contributed by atoms with Crippen LogP contribution in [0.25, 0.3) is 0 Å². The Kier molecular flexibility index (Phi) is 7.34. The lowest BCUT2D eigenvalue weighted by Crippen LogP contribution is -2.42. The quantitative estimate of drug-likeness (QED) is 0.719. The number of carboxylic acid groups (broad SMARTS) is 1. The number of nitrogens with one attached hydrogen (secondary N) is 1. The van der Waals surface area contributed by atoms with Crippen LogP contribution in [0.1, 0.15) is 40.0 Å². The molecule has 0 aliphatic rings. The van der Waals surface area contributed by atoms with Crippen LogP contribution in [-0.2, 0) is 4.79 Å². The summed E-state index contributed by atoms with van der Waals surface area (Å²) in [4.78, 5) is 23.4. The minimum atomic E-state index is -0.891. The molecule has 0 aromatic heterocycles. The molecule has 0 aliphatic heterocycles. The molecular weight excluding hydrogens is 220 g/mol. The first kappa shape index (κ1) is 15.7. The van der Waals surface area contributed by atoms with E-state index in [1.807, 2.05) is 6.92 Å². The molecule has 0 heterocycles. The number of nitrogens with zero attached hydrogens (tertiary/aromatic N) is 1. The molecule has 0 aliphatic carbocycles. The number of carbonyl (C=O) groups excluding carboxylic acids is 1. The maximum Gasteiger partial charge on any atom is 0.317 e. The van der Waals surface area contributed by atoms with Gasteiger partial charge in [0, 0.05) is 19.6 Å². The number of rotatable bonds is 7. The van der Waals surface area contributed by atoms with Gasteiger partial charge in [-0.15, -0.1) is 0 Å². The monoisotopic (exact) mass is 244 g/mol. The zero-order valence-electron chi connectivity index (χ0n) is 11.2. The summed E-state index contributed by atoms with van der Waals surface area (Å²) in [6.45, 7) is 6.49. The number of aliphatic carboxylic acids is 1. The largest absolute Gasteiger partial charge is 0.481 e. The van der Waals surface area contributed by atoms with E-state index in [1.54, 1.807) is 7.05 Å². The first-order valence-electron chi connectivity index (χ1n) is 6.06. The second kappa shape index (κ2) is 7.92. The lowest BCUT2D eigenvalue weighted by Gasteiger charge is -2.21. The molecule has 5 heteroatoms. The molecule has 2 amide bonds. The van der Waals surface area contributed by atoms with Crippen LogP contribution in [0.4, 0.5) is 4.79 Å². The van der Waals surface area contributed by atoms with Gasteiger partial charge in [-0.1, -0.05) is 13.8 Å². The van der Waals surface area contributed by atoms with E-state index in [0.29, 0.717) is 5.92 Å². The third kappa shape index (κ3) is 8.54. The van der Waals surface area contributed by atoms with E-state index in [-0.39, 0.29) is 25.0 Å². The van der Waals surface area contributed by atoms with Crippen LogP contribution in [0, 0.1) is 5.92 Å². The molecule has 1 atom stereocenters. The Morgan fingerprint density at radius 2 is 1.82 bits per heavy atom. The van der Waals surface area contributed by atoms with Gasteiger partial charge in [-0.05, 0) is 25.7 Å². The first-order valence-corrected chi connectivity index (χ1v) is 6.06. The zero-order valence-corrected chi connectivity index (χ0v) is 11.2. The minimum Gasteiger partial charge on any atom is -0.481 e. The molecule has 0 fully saturated rings. The molecule has 0 saturated heterocycles. The highest BCUT2D eigenvalue weighted by Gasteiger charge is 2.12. The Morgan fingerprint density at radius 1 is 1.24 bits per heavy atom. The Labute approximate surface area is 103 Å². The molecule has 0 aromatic rings. The maximum absolute atomic E-state index is 11.6. The highest BCUT2D eigenvalue weighted by atomic mass is 16.4. The fourth-order valence-electron chi connectivity index (χ4n) is 1.34. The van der Waals surface area contributed by atoms with E-state index < -0.39 is 5.97 Å². The van der Waals surface area contributed by atoms with E-state index in [2.05, 4.69) is 19.2 Å².